The molecule has 6 nitrogen and oxygen atoms in total. The van der Waals surface area contributed by atoms with Gasteiger partial charge in [0, 0.05) is 18.7 Å². The molecule has 0 bridgehead atoms. The van der Waals surface area contributed by atoms with Gasteiger partial charge in [-0.25, -0.2) is 0 Å². The summed E-state index contributed by atoms with van der Waals surface area (Å²) in [6, 6.07) is 8.90. The number of aromatic hydroxyl groups is 2. The van der Waals surface area contributed by atoms with Gasteiger partial charge in [-0.15, -0.1) is 0 Å². The molecule has 0 saturated heterocycles. The third kappa shape index (κ3) is 4.57. The molecule has 2 saturated carbocycles. The topological polar surface area (TPSA) is 75.9 Å². The summed E-state index contributed by atoms with van der Waals surface area (Å²) in [6.07, 6.45) is 12.2. The minimum Gasteiger partial charge on any atom is -0.497 e. The Labute approximate surface area is 216 Å². The van der Waals surface area contributed by atoms with E-state index in [1.54, 1.807) is 12.7 Å². The lowest BCUT2D eigenvalue weighted by Crippen LogP contribution is -2.48. The molecule has 1 aromatic heterocycles. The number of fused-ring (bicyclic) bond motifs is 5. The summed E-state index contributed by atoms with van der Waals surface area (Å²) in [4.78, 5) is 0. The van der Waals surface area contributed by atoms with Crippen LogP contribution in [0.25, 0.3) is 0 Å². The van der Waals surface area contributed by atoms with Gasteiger partial charge in [0.2, 0.25) is 5.88 Å². The monoisotopic (exact) mass is 496 g/mol. The van der Waals surface area contributed by atoms with Crippen molar-refractivity contribution in [3.63, 3.8) is 0 Å². The standard InChI is InChI=1S/C30H44N2O4/c1-30-15-14-23-22-11-9-21(35-2)18-20(22)8-10-24(23)25(30)12-13-27(30)31-16-6-4-5-7-17-32-28(33)19-26(36-3)29(32)34/h9,11,18-19,23-25,27,31,33-34H,4-8,10,12-17H2,1-3H3/t23?,24?,25?,27?,30-/m0/s1. The largest absolute Gasteiger partial charge is 0.497 e. The SMILES string of the molecule is COc1ccc2c(c1)CCC1C2CC[C@]2(C)C(NCCCCCCn3c(O)cc(OC)c3O)CCC12. The Morgan fingerprint density at radius 1 is 1.00 bits per heavy atom. The Morgan fingerprint density at radius 3 is 2.61 bits per heavy atom. The zero-order valence-corrected chi connectivity index (χ0v) is 22.3. The quantitative estimate of drug-likeness (QED) is 0.352. The lowest BCUT2D eigenvalue weighted by molar-refractivity contribution is 0.0412. The van der Waals surface area contributed by atoms with Crippen LogP contribution in [0.3, 0.4) is 0 Å². The van der Waals surface area contributed by atoms with Crippen LogP contribution in [0.1, 0.15) is 81.8 Å². The third-order valence-corrected chi connectivity index (χ3v) is 9.87. The second-order valence-corrected chi connectivity index (χ2v) is 11.6. The van der Waals surface area contributed by atoms with Crippen molar-refractivity contribution in [3.8, 4) is 23.3 Å². The maximum atomic E-state index is 10.1. The van der Waals surface area contributed by atoms with Gasteiger partial charge in [-0.3, -0.25) is 4.57 Å². The van der Waals surface area contributed by atoms with E-state index in [-0.39, 0.29) is 11.8 Å². The van der Waals surface area contributed by atoms with Crippen LogP contribution in [0.4, 0.5) is 0 Å². The smallest absolute Gasteiger partial charge is 0.237 e. The number of nitrogens with one attached hydrogen (secondary N) is 1. The summed E-state index contributed by atoms with van der Waals surface area (Å²) in [5, 5.41) is 24.0. The molecule has 3 N–H and O–H groups in total. The fourth-order valence-corrected chi connectivity index (χ4v) is 7.92. The van der Waals surface area contributed by atoms with Gasteiger partial charge in [0.05, 0.1) is 14.2 Å². The van der Waals surface area contributed by atoms with Gasteiger partial charge in [-0.05, 0) is 104 Å². The average molecular weight is 497 g/mol. The predicted molar refractivity (Wildman–Crippen MR) is 142 cm³/mol. The minimum absolute atomic E-state index is 0.0107. The molecule has 0 radical (unpaired) electrons. The number of hydrogen-bond acceptors (Lipinski definition) is 5. The minimum atomic E-state index is 0.0107. The van der Waals surface area contributed by atoms with E-state index < -0.39 is 0 Å². The molecule has 4 unspecified atom stereocenters. The molecule has 1 aromatic carbocycles. The van der Waals surface area contributed by atoms with E-state index in [9.17, 15) is 10.2 Å². The Hall–Kier alpha value is -2.34. The summed E-state index contributed by atoms with van der Waals surface area (Å²) in [6.45, 7) is 4.26. The first-order valence-corrected chi connectivity index (χ1v) is 14.0. The summed E-state index contributed by atoms with van der Waals surface area (Å²) < 4.78 is 12.1. The van der Waals surface area contributed by atoms with Crippen molar-refractivity contribution in [1.82, 2.24) is 9.88 Å². The fourth-order valence-electron chi connectivity index (χ4n) is 7.92. The Bertz CT molecular complexity index is 1050. The summed E-state index contributed by atoms with van der Waals surface area (Å²) in [5.74, 6) is 3.80. The van der Waals surface area contributed by atoms with Gasteiger partial charge < -0.3 is 25.0 Å². The first kappa shape index (κ1) is 25.3. The highest BCUT2D eigenvalue weighted by Gasteiger charge is 2.54. The van der Waals surface area contributed by atoms with E-state index in [1.165, 1.54) is 68.3 Å². The molecule has 2 aromatic rings. The molecule has 0 amide bonds. The summed E-state index contributed by atoms with van der Waals surface area (Å²) >= 11 is 0. The highest BCUT2D eigenvalue weighted by atomic mass is 16.5. The van der Waals surface area contributed by atoms with Crippen molar-refractivity contribution in [2.75, 3.05) is 20.8 Å². The number of aromatic nitrogens is 1. The molecule has 198 valence electrons. The number of unbranched alkanes of at least 4 members (excludes halogenated alkanes) is 3. The molecule has 1 heterocycles. The molecule has 0 aliphatic heterocycles. The molecule has 6 heteroatoms. The predicted octanol–water partition coefficient (Wildman–Crippen LogP) is 5.99. The lowest BCUT2D eigenvalue weighted by atomic mass is 9.55. The van der Waals surface area contributed by atoms with Crippen LogP contribution >= 0.6 is 0 Å². The summed E-state index contributed by atoms with van der Waals surface area (Å²) in [5.41, 5.74) is 3.55. The Kier molecular flexibility index (Phi) is 7.43. The number of nitrogens with zero attached hydrogens (tertiary/aromatic N) is 1. The molecule has 5 rings (SSSR count). The van der Waals surface area contributed by atoms with Crippen LogP contribution in [-0.2, 0) is 13.0 Å². The molecule has 3 aliphatic rings. The number of ether oxygens (including phenoxy) is 2. The average Bonchev–Trinajstić information content (AvgIpc) is 3.37. The maximum Gasteiger partial charge on any atom is 0.237 e. The van der Waals surface area contributed by atoms with Crippen LogP contribution in [0.2, 0.25) is 0 Å². The summed E-state index contributed by atoms with van der Waals surface area (Å²) in [7, 11) is 3.26. The maximum absolute atomic E-state index is 10.1. The van der Waals surface area contributed by atoms with Gasteiger partial charge in [0.15, 0.2) is 11.6 Å². The molecular formula is C30H44N2O4. The number of aryl methyl sites for hydroxylation is 1. The van der Waals surface area contributed by atoms with Crippen LogP contribution in [0, 0.1) is 17.3 Å². The van der Waals surface area contributed by atoms with Crippen LogP contribution in [0.5, 0.6) is 23.3 Å². The molecular weight excluding hydrogens is 452 g/mol. The van der Waals surface area contributed by atoms with Crippen molar-refractivity contribution in [2.45, 2.75) is 89.6 Å². The fraction of sp³-hybridized carbons (Fsp3) is 0.667. The highest BCUT2D eigenvalue weighted by molar-refractivity contribution is 5.41. The van der Waals surface area contributed by atoms with Gasteiger partial charge >= 0.3 is 0 Å². The van der Waals surface area contributed by atoms with Crippen LogP contribution < -0.4 is 14.8 Å². The first-order valence-electron chi connectivity index (χ1n) is 14.0. The molecule has 2 fully saturated rings. The van der Waals surface area contributed by atoms with E-state index in [0.29, 0.717) is 23.8 Å². The number of benzene rings is 1. The van der Waals surface area contributed by atoms with Crippen LogP contribution in [0.15, 0.2) is 24.3 Å². The van der Waals surface area contributed by atoms with Crippen molar-refractivity contribution >= 4 is 0 Å². The number of methoxy groups -OCH3 is 2. The van der Waals surface area contributed by atoms with Gasteiger partial charge in [0.25, 0.3) is 0 Å². The van der Waals surface area contributed by atoms with E-state index in [1.807, 2.05) is 0 Å². The first-order chi connectivity index (χ1) is 17.5. The van der Waals surface area contributed by atoms with Crippen molar-refractivity contribution in [3.05, 3.63) is 35.4 Å². The molecule has 5 atom stereocenters. The zero-order valence-electron chi connectivity index (χ0n) is 22.3. The van der Waals surface area contributed by atoms with Gasteiger partial charge in [0.1, 0.15) is 5.75 Å². The number of hydrogen-bond donors (Lipinski definition) is 3. The Morgan fingerprint density at radius 2 is 1.83 bits per heavy atom. The second kappa shape index (κ2) is 10.6. The molecule has 3 aliphatic carbocycles. The van der Waals surface area contributed by atoms with E-state index in [0.717, 1.165) is 49.3 Å². The molecule has 0 spiro atoms. The van der Waals surface area contributed by atoms with E-state index in [4.69, 9.17) is 9.47 Å². The van der Waals surface area contributed by atoms with E-state index in [2.05, 4.69) is 30.4 Å². The van der Waals surface area contributed by atoms with Crippen LogP contribution in [-0.4, -0.2) is 41.6 Å². The van der Waals surface area contributed by atoms with Gasteiger partial charge in [-0.2, -0.15) is 0 Å². The van der Waals surface area contributed by atoms with Crippen molar-refractivity contribution in [1.29, 1.82) is 0 Å². The third-order valence-electron chi connectivity index (χ3n) is 9.87. The van der Waals surface area contributed by atoms with E-state index >= 15 is 0 Å². The Balaban J connectivity index is 1.08. The lowest BCUT2D eigenvalue weighted by Gasteiger charge is -2.51. The van der Waals surface area contributed by atoms with Crippen molar-refractivity contribution in [2.24, 2.45) is 17.3 Å². The molecule has 36 heavy (non-hydrogen) atoms. The normalized spacial score (nSPS) is 28.9. The van der Waals surface area contributed by atoms with Crippen molar-refractivity contribution < 1.29 is 19.7 Å². The second-order valence-electron chi connectivity index (χ2n) is 11.6. The zero-order chi connectivity index (χ0) is 25.3. The van der Waals surface area contributed by atoms with Gasteiger partial charge in [-0.1, -0.05) is 25.8 Å². The highest BCUT2D eigenvalue weighted by Crippen LogP contribution is 2.61. The number of rotatable bonds is 10.